The van der Waals surface area contributed by atoms with Gasteiger partial charge in [-0.05, 0) is 48.9 Å². The molecule has 12 nitrogen and oxygen atoms in total. The fraction of sp³-hybridized carbons (Fsp3) is 0.457. The van der Waals surface area contributed by atoms with Crippen LogP contribution in [0.15, 0.2) is 54.9 Å². The number of piperazine rings is 1. The van der Waals surface area contributed by atoms with Gasteiger partial charge in [0.25, 0.3) is 0 Å². The summed E-state index contributed by atoms with van der Waals surface area (Å²) in [6, 6.07) is 13.0. The van der Waals surface area contributed by atoms with Crippen molar-refractivity contribution in [2.24, 2.45) is 0 Å². The van der Waals surface area contributed by atoms with Crippen LogP contribution in [0.4, 0.5) is 5.69 Å². The van der Waals surface area contributed by atoms with Gasteiger partial charge < -0.3 is 29.7 Å². The number of hydrogen-bond donors (Lipinski definition) is 2. The van der Waals surface area contributed by atoms with Crippen LogP contribution < -0.4 is 25.0 Å². The van der Waals surface area contributed by atoms with Crippen LogP contribution in [0, 0.1) is 0 Å². The summed E-state index contributed by atoms with van der Waals surface area (Å²) >= 11 is 6.59. The van der Waals surface area contributed by atoms with E-state index in [1.54, 1.807) is 13.2 Å². The molecule has 2 aliphatic carbocycles. The molecule has 1 aromatic heterocycles. The Labute approximate surface area is 285 Å². The molecular formula is C35H41ClN6O6. The Kier molecular flexibility index (Phi) is 11.0. The molecule has 1 atom stereocenters. The van der Waals surface area contributed by atoms with Gasteiger partial charge in [-0.2, -0.15) is 0 Å². The molecule has 2 aromatic carbocycles. The van der Waals surface area contributed by atoms with Crippen molar-refractivity contribution in [1.29, 1.82) is 0 Å². The number of carbonyl (C=O) groups is 3. The van der Waals surface area contributed by atoms with Crippen LogP contribution in [0.1, 0.15) is 48.8 Å². The zero-order chi connectivity index (χ0) is 33.5. The average Bonchev–Trinajstić information content (AvgIpc) is 4.03. The van der Waals surface area contributed by atoms with Crippen LogP contribution in [0.2, 0.25) is 5.02 Å². The van der Waals surface area contributed by atoms with Crippen molar-refractivity contribution in [3.05, 3.63) is 76.6 Å². The van der Waals surface area contributed by atoms with Gasteiger partial charge in [0.2, 0.25) is 17.7 Å². The van der Waals surface area contributed by atoms with Crippen molar-refractivity contribution in [3.63, 3.8) is 0 Å². The summed E-state index contributed by atoms with van der Waals surface area (Å²) in [4.78, 5) is 51.6. The number of nitrogens with one attached hydrogen (secondary N) is 2. The Hall–Kier alpha value is -4.26. The minimum absolute atomic E-state index is 0.0174. The summed E-state index contributed by atoms with van der Waals surface area (Å²) in [7, 11) is 1.63. The van der Waals surface area contributed by atoms with E-state index in [-0.39, 0.29) is 61.9 Å². The van der Waals surface area contributed by atoms with Crippen LogP contribution in [-0.2, 0) is 38.7 Å². The smallest absolute Gasteiger partial charge is 0.316 e. The van der Waals surface area contributed by atoms with E-state index in [0.717, 1.165) is 48.1 Å². The zero-order valence-corrected chi connectivity index (χ0v) is 27.8. The molecular weight excluding hydrogens is 636 g/mol. The normalized spacial score (nSPS) is 17.6. The lowest BCUT2D eigenvalue weighted by Crippen LogP contribution is -2.61. The average molecular weight is 677 g/mol. The molecule has 3 fully saturated rings. The fourth-order valence-electron chi connectivity index (χ4n) is 5.72. The van der Waals surface area contributed by atoms with Crippen LogP contribution in [-0.4, -0.2) is 84.1 Å². The van der Waals surface area contributed by atoms with Crippen LogP contribution in [0.3, 0.4) is 0 Å². The topological polar surface area (TPSA) is 135 Å². The maximum atomic E-state index is 14.1. The Morgan fingerprint density at radius 2 is 1.85 bits per heavy atom. The summed E-state index contributed by atoms with van der Waals surface area (Å²) in [5, 5.41) is 6.63. The second kappa shape index (κ2) is 15.8. The molecule has 0 unspecified atom stereocenters. The number of benzene rings is 2. The third kappa shape index (κ3) is 8.80. The lowest BCUT2D eigenvalue weighted by molar-refractivity contribution is -0.136. The highest BCUT2D eigenvalue weighted by molar-refractivity contribution is 6.31. The number of halogens is 1. The molecule has 3 aliphatic rings. The SMILES string of the molecule is COc1ccccc1COCCCOc1ncc(N2C(=O)CNC[C@@H]2C(=O)N(Cc2cc(CC(=O)NC3CC3)ccc2Cl)C2CC2)cn1. The number of rotatable bonds is 16. The minimum Gasteiger partial charge on any atom is -0.496 e. The second-order valence-electron chi connectivity index (χ2n) is 12.3. The number of para-hydroxylation sites is 1. The summed E-state index contributed by atoms with van der Waals surface area (Å²) < 4.78 is 16.8. The van der Waals surface area contributed by atoms with Gasteiger partial charge in [0, 0.05) is 42.2 Å². The Bertz CT molecular complexity index is 1600. The number of anilines is 1. The van der Waals surface area contributed by atoms with Crippen LogP contribution in [0.5, 0.6) is 11.8 Å². The number of hydrogen-bond acceptors (Lipinski definition) is 9. The van der Waals surface area contributed by atoms with Gasteiger partial charge in [0.1, 0.15) is 11.8 Å². The molecule has 3 aromatic rings. The maximum Gasteiger partial charge on any atom is 0.316 e. The number of aromatic nitrogens is 2. The van der Waals surface area contributed by atoms with E-state index in [0.29, 0.717) is 37.0 Å². The van der Waals surface area contributed by atoms with Crippen LogP contribution in [0.25, 0.3) is 0 Å². The highest BCUT2D eigenvalue weighted by atomic mass is 35.5. The predicted molar refractivity (Wildman–Crippen MR) is 179 cm³/mol. The predicted octanol–water partition coefficient (Wildman–Crippen LogP) is 3.44. The van der Waals surface area contributed by atoms with Gasteiger partial charge in [0.15, 0.2) is 0 Å². The Balaban J connectivity index is 1.05. The highest BCUT2D eigenvalue weighted by Crippen LogP contribution is 2.32. The molecule has 0 spiro atoms. The quantitative estimate of drug-likeness (QED) is 0.219. The van der Waals surface area contributed by atoms with E-state index < -0.39 is 6.04 Å². The summed E-state index contributed by atoms with van der Waals surface area (Å²) in [6.07, 6.45) is 7.71. The lowest BCUT2D eigenvalue weighted by atomic mass is 10.1. The molecule has 1 aliphatic heterocycles. The third-order valence-electron chi connectivity index (χ3n) is 8.51. The molecule has 0 radical (unpaired) electrons. The largest absolute Gasteiger partial charge is 0.496 e. The van der Waals surface area contributed by atoms with Gasteiger partial charge >= 0.3 is 6.01 Å². The monoisotopic (exact) mass is 676 g/mol. The van der Waals surface area contributed by atoms with Gasteiger partial charge in [-0.3, -0.25) is 19.3 Å². The number of nitrogens with zero attached hydrogens (tertiary/aromatic N) is 4. The van der Waals surface area contributed by atoms with Crippen LogP contribution >= 0.6 is 11.6 Å². The number of carbonyl (C=O) groups excluding carboxylic acids is 3. The number of amides is 3. The second-order valence-corrected chi connectivity index (χ2v) is 12.7. The van der Waals surface area contributed by atoms with Crippen molar-refractivity contribution < 1.29 is 28.6 Å². The van der Waals surface area contributed by atoms with Crippen molar-refractivity contribution in [2.75, 3.05) is 38.3 Å². The molecule has 13 heteroatoms. The summed E-state index contributed by atoms with van der Waals surface area (Å²) in [5.74, 6) is 0.340. The van der Waals surface area contributed by atoms with E-state index in [2.05, 4.69) is 20.6 Å². The Morgan fingerprint density at radius 1 is 1.06 bits per heavy atom. The van der Waals surface area contributed by atoms with E-state index in [1.807, 2.05) is 41.3 Å². The van der Waals surface area contributed by atoms with E-state index >= 15 is 0 Å². The Morgan fingerprint density at radius 3 is 2.60 bits per heavy atom. The lowest BCUT2D eigenvalue weighted by Gasteiger charge is -2.38. The minimum atomic E-state index is -0.783. The third-order valence-corrected chi connectivity index (χ3v) is 8.88. The van der Waals surface area contributed by atoms with Crippen molar-refractivity contribution in [2.45, 2.75) is 69.8 Å². The number of ether oxygens (including phenoxy) is 3. The molecule has 2 saturated carbocycles. The first-order valence-electron chi connectivity index (χ1n) is 16.4. The molecule has 6 rings (SSSR count). The highest BCUT2D eigenvalue weighted by Gasteiger charge is 2.42. The summed E-state index contributed by atoms with van der Waals surface area (Å²) in [5.41, 5.74) is 3.00. The fourth-order valence-corrected chi connectivity index (χ4v) is 5.90. The molecule has 0 bridgehead atoms. The van der Waals surface area contributed by atoms with Crippen molar-refractivity contribution >= 4 is 35.0 Å². The molecule has 3 amide bonds. The van der Waals surface area contributed by atoms with Gasteiger partial charge in [-0.25, -0.2) is 9.97 Å². The van der Waals surface area contributed by atoms with E-state index in [1.165, 1.54) is 17.3 Å². The first kappa shape index (κ1) is 33.6. The molecule has 254 valence electrons. The van der Waals surface area contributed by atoms with E-state index in [9.17, 15) is 14.4 Å². The van der Waals surface area contributed by atoms with Crippen molar-refractivity contribution in [1.82, 2.24) is 25.5 Å². The first-order chi connectivity index (χ1) is 23.4. The first-order valence-corrected chi connectivity index (χ1v) is 16.8. The molecule has 48 heavy (non-hydrogen) atoms. The van der Waals surface area contributed by atoms with E-state index in [4.69, 9.17) is 25.8 Å². The van der Waals surface area contributed by atoms with Crippen molar-refractivity contribution in [3.8, 4) is 11.8 Å². The summed E-state index contributed by atoms with van der Waals surface area (Å²) in [6.45, 7) is 1.94. The molecule has 1 saturated heterocycles. The number of methoxy groups -OCH3 is 1. The van der Waals surface area contributed by atoms with Gasteiger partial charge in [-0.15, -0.1) is 0 Å². The molecule has 2 heterocycles. The standard InChI is InChI=1S/C35H41ClN6O6/c1-46-31-6-3-2-5-24(31)22-47-13-4-14-48-35-38-17-28(18-39-35)42-30(19-37-20-33(42)44)34(45)41(27-10-11-27)21-25-15-23(7-12-29(25)36)16-32(43)40-26-8-9-26/h2-3,5-7,12,15,17-18,26-27,30,37H,4,8-11,13-14,16,19-22H2,1H3,(H,40,43)/t30-/m1/s1. The zero-order valence-electron chi connectivity index (χ0n) is 27.0. The van der Waals surface area contributed by atoms with Gasteiger partial charge in [0.05, 0.1) is 58.0 Å². The maximum absolute atomic E-state index is 14.1. The molecule has 2 N–H and O–H groups in total. The van der Waals surface area contributed by atoms with Gasteiger partial charge in [-0.1, -0.05) is 41.9 Å².